The van der Waals surface area contributed by atoms with Crippen molar-refractivity contribution in [1.82, 2.24) is 4.90 Å². The van der Waals surface area contributed by atoms with Crippen LogP contribution >= 0.6 is 0 Å². The van der Waals surface area contributed by atoms with E-state index in [0.717, 1.165) is 14.4 Å². The van der Waals surface area contributed by atoms with Crippen LogP contribution in [0, 0.1) is 0 Å². The number of carbonyl (C=O) groups excluding carboxylic acids is 1. The van der Waals surface area contributed by atoms with E-state index in [-0.39, 0.29) is 18.3 Å². The average molecular weight is 468 g/mol. The SMILES string of the molecule is CCC[CH2][Sn]1([CH2]CCC)[O][C@@H]2CN(C(=O)OCc3ccccc3)C[C@H]2[O]1. The quantitative estimate of drug-likeness (QED) is 0.529. The average Bonchev–Trinajstić information content (AvgIpc) is 3.20. The van der Waals surface area contributed by atoms with Crippen molar-refractivity contribution in [3.05, 3.63) is 35.9 Å². The van der Waals surface area contributed by atoms with E-state index in [2.05, 4.69) is 13.8 Å². The van der Waals surface area contributed by atoms with Crippen LogP contribution < -0.4 is 0 Å². The Hall–Kier alpha value is -0.791. The molecule has 0 aromatic heterocycles. The van der Waals surface area contributed by atoms with Gasteiger partial charge in [0.25, 0.3) is 0 Å². The van der Waals surface area contributed by atoms with Crippen molar-refractivity contribution in [2.45, 2.75) is 67.2 Å². The maximum absolute atomic E-state index is 12.4. The van der Waals surface area contributed by atoms with E-state index in [4.69, 9.17) is 10.9 Å². The molecule has 1 amide bonds. The molecule has 0 unspecified atom stereocenters. The Morgan fingerprint density at radius 2 is 1.65 bits per heavy atom. The third-order valence-corrected chi connectivity index (χ3v) is 15.8. The number of nitrogens with zero attached hydrogens (tertiary/aromatic N) is 1. The third-order valence-electron chi connectivity index (χ3n) is 5.23. The molecule has 2 atom stereocenters. The van der Waals surface area contributed by atoms with Crippen LogP contribution in [-0.4, -0.2) is 55.5 Å². The molecule has 2 aliphatic rings. The van der Waals surface area contributed by atoms with Crippen LogP contribution in [0.25, 0.3) is 0 Å². The molecule has 2 fully saturated rings. The van der Waals surface area contributed by atoms with Gasteiger partial charge in [0.2, 0.25) is 0 Å². The Labute approximate surface area is 162 Å². The Morgan fingerprint density at radius 1 is 1.08 bits per heavy atom. The predicted molar refractivity (Wildman–Crippen MR) is 103 cm³/mol. The molecule has 1 aromatic carbocycles. The zero-order valence-corrected chi connectivity index (χ0v) is 18.8. The van der Waals surface area contributed by atoms with Gasteiger partial charge >= 0.3 is 162 Å². The van der Waals surface area contributed by atoms with Crippen molar-refractivity contribution in [3.8, 4) is 0 Å². The normalized spacial score (nSPS) is 23.8. The van der Waals surface area contributed by atoms with E-state index < -0.39 is 19.2 Å². The van der Waals surface area contributed by atoms with Crippen molar-refractivity contribution >= 4 is 25.3 Å². The van der Waals surface area contributed by atoms with E-state index in [1.807, 2.05) is 30.3 Å². The van der Waals surface area contributed by atoms with Gasteiger partial charge in [-0.1, -0.05) is 0 Å². The Balaban J connectivity index is 1.51. The molecule has 2 aliphatic heterocycles. The number of amides is 1. The topological polar surface area (TPSA) is 48.0 Å². The number of fused-ring (bicyclic) bond motifs is 1. The summed E-state index contributed by atoms with van der Waals surface area (Å²) in [6.45, 7) is 5.97. The summed E-state index contributed by atoms with van der Waals surface area (Å²) >= 11 is -2.92. The van der Waals surface area contributed by atoms with Gasteiger partial charge in [-0.25, -0.2) is 0 Å². The fourth-order valence-electron chi connectivity index (χ4n) is 3.76. The molecular formula is C20H31NO4Sn. The molecule has 2 saturated heterocycles. The molecule has 144 valence electrons. The number of likely N-dealkylation sites (tertiary alicyclic amines) is 1. The second kappa shape index (κ2) is 9.42. The number of hydrogen-bond donors (Lipinski definition) is 0. The van der Waals surface area contributed by atoms with Crippen molar-refractivity contribution in [3.63, 3.8) is 0 Å². The third kappa shape index (κ3) is 4.93. The van der Waals surface area contributed by atoms with Crippen LogP contribution in [0.5, 0.6) is 0 Å². The van der Waals surface area contributed by atoms with Crippen LogP contribution in [0.1, 0.15) is 45.1 Å². The van der Waals surface area contributed by atoms with E-state index in [1.54, 1.807) is 4.90 Å². The summed E-state index contributed by atoms with van der Waals surface area (Å²) in [5.74, 6) is 0. The van der Waals surface area contributed by atoms with Gasteiger partial charge in [0, 0.05) is 0 Å². The standard InChI is InChI=1S/C12H13NO4.2C4H9.Sn/c14-10-6-13(7-11(10)15)12(16)17-8-9-4-2-1-3-5-9;2*1-3-4-2;/h1-5,10-11H,6-8H2;2*1,3-4H2,2H3;/q-2;;;+2/t10-,11-;;;/m1.../s1. The van der Waals surface area contributed by atoms with Crippen LogP contribution in [0.3, 0.4) is 0 Å². The zero-order chi connectivity index (χ0) is 18.4. The van der Waals surface area contributed by atoms with Crippen LogP contribution in [-0.2, 0) is 17.5 Å². The fourth-order valence-corrected chi connectivity index (χ4v) is 15.5. The first-order valence-corrected chi connectivity index (χ1v) is 16.3. The molecule has 0 spiro atoms. The maximum atomic E-state index is 12.4. The van der Waals surface area contributed by atoms with Crippen LogP contribution in [0.2, 0.25) is 8.87 Å². The molecule has 0 N–H and O–H groups in total. The molecule has 3 rings (SSSR count). The summed E-state index contributed by atoms with van der Waals surface area (Å²) in [4.78, 5) is 14.1. The summed E-state index contributed by atoms with van der Waals surface area (Å²) in [7, 11) is 0. The van der Waals surface area contributed by atoms with Gasteiger partial charge < -0.3 is 0 Å². The summed E-state index contributed by atoms with van der Waals surface area (Å²) in [6.07, 6.45) is 4.62. The van der Waals surface area contributed by atoms with Gasteiger partial charge in [-0.3, -0.25) is 0 Å². The first-order valence-electron chi connectivity index (χ1n) is 9.97. The number of hydrogen-bond acceptors (Lipinski definition) is 4. The van der Waals surface area contributed by atoms with Crippen molar-refractivity contribution in [1.29, 1.82) is 0 Å². The minimum atomic E-state index is -2.92. The van der Waals surface area contributed by atoms with Gasteiger partial charge in [0.15, 0.2) is 0 Å². The molecule has 0 saturated carbocycles. The molecule has 1 aromatic rings. The van der Waals surface area contributed by atoms with Crippen molar-refractivity contribution in [2.75, 3.05) is 13.1 Å². The molecule has 0 radical (unpaired) electrons. The second-order valence-corrected chi connectivity index (χ2v) is 16.8. The van der Waals surface area contributed by atoms with Gasteiger partial charge in [-0.15, -0.1) is 0 Å². The molecule has 0 aliphatic carbocycles. The molecule has 0 bridgehead atoms. The van der Waals surface area contributed by atoms with E-state index in [1.165, 1.54) is 25.7 Å². The number of unbranched alkanes of at least 4 members (excludes halogenated alkanes) is 2. The van der Waals surface area contributed by atoms with Crippen molar-refractivity contribution in [2.24, 2.45) is 0 Å². The van der Waals surface area contributed by atoms with E-state index in [9.17, 15) is 4.79 Å². The Morgan fingerprint density at radius 3 is 2.19 bits per heavy atom. The summed E-state index contributed by atoms with van der Waals surface area (Å²) in [5.41, 5.74) is 1.00. The molecular weight excluding hydrogens is 437 g/mol. The molecule has 5 nitrogen and oxygen atoms in total. The van der Waals surface area contributed by atoms with Gasteiger partial charge in [-0.2, -0.15) is 0 Å². The molecule has 2 heterocycles. The number of rotatable bonds is 8. The number of ether oxygens (including phenoxy) is 1. The van der Waals surface area contributed by atoms with E-state index in [0.29, 0.717) is 19.7 Å². The second-order valence-electron chi connectivity index (χ2n) is 7.38. The fraction of sp³-hybridized carbons (Fsp3) is 0.650. The van der Waals surface area contributed by atoms with Gasteiger partial charge in [-0.05, 0) is 0 Å². The van der Waals surface area contributed by atoms with Gasteiger partial charge in [0.05, 0.1) is 0 Å². The first-order chi connectivity index (χ1) is 12.7. The number of benzene rings is 1. The van der Waals surface area contributed by atoms with Crippen molar-refractivity contribution < 1.29 is 15.7 Å². The number of carbonyl (C=O) groups is 1. The minimum absolute atomic E-state index is 0.0591. The summed E-state index contributed by atoms with van der Waals surface area (Å²) < 4.78 is 20.9. The molecule has 26 heavy (non-hydrogen) atoms. The summed E-state index contributed by atoms with van der Waals surface area (Å²) in [6, 6.07) is 9.77. The van der Waals surface area contributed by atoms with E-state index >= 15 is 0 Å². The Bertz CT molecular complexity index is 558. The monoisotopic (exact) mass is 469 g/mol. The zero-order valence-electron chi connectivity index (χ0n) is 16.0. The summed E-state index contributed by atoms with van der Waals surface area (Å²) in [5, 5.41) is 0. The van der Waals surface area contributed by atoms with Gasteiger partial charge in [0.1, 0.15) is 0 Å². The van der Waals surface area contributed by atoms with Crippen LogP contribution in [0.4, 0.5) is 4.79 Å². The van der Waals surface area contributed by atoms with Crippen LogP contribution in [0.15, 0.2) is 30.3 Å². The predicted octanol–water partition coefficient (Wildman–Crippen LogP) is 4.47. The first kappa shape index (κ1) is 20.0. The Kier molecular flexibility index (Phi) is 7.23. The molecule has 6 heteroatoms.